The maximum Gasteiger partial charge on any atom is 0.340 e. The normalized spacial score (nSPS) is 37.7. The Morgan fingerprint density at radius 3 is 2.76 bits per heavy atom. The summed E-state index contributed by atoms with van der Waals surface area (Å²) in [5.41, 5.74) is 4.64. The molecule has 5 aliphatic carbocycles. The van der Waals surface area contributed by atoms with Gasteiger partial charge in [-0.2, -0.15) is 0 Å². The fraction of sp³-hybridized carbons (Fsp3) is 0.641. The zero-order valence-corrected chi connectivity index (χ0v) is 30.7. The van der Waals surface area contributed by atoms with Gasteiger partial charge in [0, 0.05) is 30.2 Å². The fourth-order valence-corrected chi connectivity index (χ4v) is 13.0. The van der Waals surface area contributed by atoms with Crippen LogP contribution in [0.15, 0.2) is 69.5 Å². The number of carbonyl (C=O) groups is 2. The molecule has 8 nitrogen and oxygen atoms in total. The van der Waals surface area contributed by atoms with Gasteiger partial charge in [-0.15, -0.1) is 0 Å². The zero-order chi connectivity index (χ0) is 33.9. The molecule has 4 heterocycles. The molecular weight excluding hydrogens is 655 g/mol. The first-order valence-electron chi connectivity index (χ1n) is 18.7. The van der Waals surface area contributed by atoms with Crippen LogP contribution >= 0.6 is 21.6 Å². The molecule has 1 saturated heterocycles. The highest BCUT2D eigenvalue weighted by molar-refractivity contribution is 8.76. The van der Waals surface area contributed by atoms with E-state index in [1.54, 1.807) is 28.5 Å². The molecule has 1 spiro atoms. The number of allylic oxidation sites excluding steroid dienone is 7. The third kappa shape index (κ3) is 5.77. The molecule has 49 heavy (non-hydrogen) atoms. The Hall–Kier alpha value is -2.40. The molecule has 0 aromatic rings. The molecule has 0 amide bonds. The van der Waals surface area contributed by atoms with Crippen LogP contribution in [0.4, 0.5) is 0 Å². The molecule has 2 saturated carbocycles. The predicted molar refractivity (Wildman–Crippen MR) is 194 cm³/mol. The van der Waals surface area contributed by atoms with Crippen molar-refractivity contribution in [2.45, 2.75) is 103 Å². The molecule has 0 aromatic heterocycles. The molecule has 0 radical (unpaired) electrons. The fourth-order valence-electron chi connectivity index (χ4n) is 10.5. The minimum absolute atomic E-state index is 0.0768. The number of aliphatic hydroxyl groups excluding tert-OH is 1. The van der Waals surface area contributed by atoms with Gasteiger partial charge in [0.25, 0.3) is 0 Å². The van der Waals surface area contributed by atoms with Crippen molar-refractivity contribution in [2.24, 2.45) is 34.5 Å². The number of dihydropyridines is 1. The van der Waals surface area contributed by atoms with Crippen LogP contribution in [0.3, 0.4) is 0 Å². The topological polar surface area (TPSA) is 109 Å². The highest BCUT2D eigenvalue weighted by atomic mass is 33.1. The molecule has 10 heteroatoms. The highest BCUT2D eigenvalue weighted by Gasteiger charge is 2.68. The average molecular weight is 706 g/mol. The Bertz CT molecular complexity index is 1600. The van der Waals surface area contributed by atoms with Crippen LogP contribution in [0.1, 0.15) is 91.4 Å². The van der Waals surface area contributed by atoms with Crippen LogP contribution in [0.5, 0.6) is 0 Å². The summed E-state index contributed by atoms with van der Waals surface area (Å²) in [7, 11) is 3.54. The van der Waals surface area contributed by atoms with Crippen LogP contribution in [0.2, 0.25) is 0 Å². The summed E-state index contributed by atoms with van der Waals surface area (Å²) in [5.74, 6) is 3.44. The van der Waals surface area contributed by atoms with Gasteiger partial charge in [-0.05, 0) is 112 Å². The van der Waals surface area contributed by atoms with E-state index in [2.05, 4.69) is 54.1 Å². The summed E-state index contributed by atoms with van der Waals surface area (Å²) in [5, 5.41) is 20.8. The summed E-state index contributed by atoms with van der Waals surface area (Å²) in [6, 6.07) is 0. The first-order valence-corrected chi connectivity index (χ1v) is 21.0. The molecule has 7 atom stereocenters. The van der Waals surface area contributed by atoms with Gasteiger partial charge in [-0.1, -0.05) is 59.9 Å². The van der Waals surface area contributed by atoms with Gasteiger partial charge in [0.1, 0.15) is 11.5 Å². The molecule has 4 N–H and O–H groups in total. The van der Waals surface area contributed by atoms with E-state index in [0.717, 1.165) is 97.8 Å². The minimum atomic E-state index is -0.656. The van der Waals surface area contributed by atoms with Crippen molar-refractivity contribution in [1.82, 2.24) is 16.0 Å². The quantitative estimate of drug-likeness (QED) is 0.178. The second-order valence-electron chi connectivity index (χ2n) is 15.7. The van der Waals surface area contributed by atoms with Gasteiger partial charge >= 0.3 is 11.9 Å². The third-order valence-corrected chi connectivity index (χ3v) is 15.5. The minimum Gasteiger partial charge on any atom is -0.427 e. The third-order valence-electron chi connectivity index (χ3n) is 12.9. The number of rotatable bonds is 5. The van der Waals surface area contributed by atoms with E-state index in [1.807, 2.05) is 0 Å². The van der Waals surface area contributed by atoms with Crippen molar-refractivity contribution in [3.8, 4) is 0 Å². The van der Waals surface area contributed by atoms with Crippen molar-refractivity contribution in [1.29, 1.82) is 0 Å². The van der Waals surface area contributed by atoms with Crippen molar-refractivity contribution in [3.05, 3.63) is 69.5 Å². The Morgan fingerprint density at radius 2 is 1.96 bits per heavy atom. The molecule has 3 fully saturated rings. The summed E-state index contributed by atoms with van der Waals surface area (Å²) in [4.78, 5) is 28.4. The number of aliphatic hydroxyl groups is 1. The molecular formula is C39H51N3O5S2. The van der Waals surface area contributed by atoms with Gasteiger partial charge in [-0.3, -0.25) is 0 Å². The van der Waals surface area contributed by atoms with Crippen molar-refractivity contribution < 1.29 is 24.2 Å². The lowest BCUT2D eigenvalue weighted by molar-refractivity contribution is -0.135. The van der Waals surface area contributed by atoms with E-state index in [1.165, 1.54) is 24.0 Å². The van der Waals surface area contributed by atoms with Gasteiger partial charge in [0.2, 0.25) is 0 Å². The Morgan fingerprint density at radius 1 is 1.12 bits per heavy atom. The smallest absolute Gasteiger partial charge is 0.340 e. The van der Waals surface area contributed by atoms with Crippen LogP contribution in [-0.4, -0.2) is 47.5 Å². The lowest BCUT2D eigenvalue weighted by Crippen LogP contribution is -2.52. The average Bonchev–Trinajstić information content (AvgIpc) is 3.78. The molecule has 4 aliphatic heterocycles. The van der Waals surface area contributed by atoms with E-state index >= 15 is 0 Å². The number of cyclic esters (lactones) is 1. The van der Waals surface area contributed by atoms with Gasteiger partial charge in [0.15, 0.2) is 0 Å². The van der Waals surface area contributed by atoms with Gasteiger partial charge in [-0.25, -0.2) is 9.59 Å². The lowest BCUT2D eigenvalue weighted by Gasteiger charge is -2.56. The largest absolute Gasteiger partial charge is 0.427 e. The predicted octanol–water partition coefficient (Wildman–Crippen LogP) is 6.89. The lowest BCUT2D eigenvalue weighted by atomic mass is 9.44. The summed E-state index contributed by atoms with van der Waals surface area (Å²) in [6.07, 6.45) is 19.4. The molecule has 7 bridgehead atoms. The standard InChI is InChI=1S/C39H51N3O5S2/c1-4-38(13-5-6-14-38)19-29-27-9-8-26-25-11-15-39(33(26)32(27)36(44)46-29)30-10-7-22(2)35(41-20-23(3)43)49-48-21-42-31-18-24(12-16-40-31)17-28(25)34(39)37(45)47-30/h10,12,18-19,22-23,25-26,33,35,40-43H,4-9,11,13-17,20-21H2,1-3H3/b29-19-,30-10+/t22-,23-,25-,26-,33+,35+,39-/m0/s1. The van der Waals surface area contributed by atoms with E-state index in [4.69, 9.17) is 9.47 Å². The first kappa shape index (κ1) is 33.7. The number of fused-ring (bicyclic) bond motifs is 2. The molecule has 9 rings (SSSR count). The molecule has 9 aliphatic rings. The van der Waals surface area contributed by atoms with E-state index in [9.17, 15) is 14.7 Å². The maximum absolute atomic E-state index is 14.3. The van der Waals surface area contributed by atoms with Crippen molar-refractivity contribution in [3.63, 3.8) is 0 Å². The Balaban J connectivity index is 1.25. The first-order chi connectivity index (χ1) is 23.7. The Labute approximate surface area is 298 Å². The van der Waals surface area contributed by atoms with E-state index < -0.39 is 11.5 Å². The Kier molecular flexibility index (Phi) is 9.15. The molecule has 264 valence electrons. The van der Waals surface area contributed by atoms with Crippen molar-refractivity contribution in [2.75, 3.05) is 19.0 Å². The zero-order valence-electron chi connectivity index (χ0n) is 29.1. The van der Waals surface area contributed by atoms with Crippen LogP contribution in [-0.2, 0) is 19.1 Å². The van der Waals surface area contributed by atoms with Crippen molar-refractivity contribution >= 4 is 33.5 Å². The number of carbonyl (C=O) groups excluding carboxylic acids is 2. The summed E-state index contributed by atoms with van der Waals surface area (Å²) >= 11 is 0. The molecule has 0 unspecified atom stereocenters. The monoisotopic (exact) mass is 705 g/mol. The number of nitrogens with one attached hydrogen (secondary N) is 3. The number of ether oxygens (including phenoxy) is 2. The summed E-state index contributed by atoms with van der Waals surface area (Å²) in [6.45, 7) is 7.52. The number of esters is 2. The van der Waals surface area contributed by atoms with Crippen LogP contribution < -0.4 is 16.0 Å². The van der Waals surface area contributed by atoms with Gasteiger partial charge < -0.3 is 30.5 Å². The molecule has 0 aromatic carbocycles. The van der Waals surface area contributed by atoms with Gasteiger partial charge in [0.05, 0.1) is 34.2 Å². The van der Waals surface area contributed by atoms with Crippen LogP contribution in [0, 0.1) is 34.5 Å². The second kappa shape index (κ2) is 13.3. The number of hydrogen-bond acceptors (Lipinski definition) is 10. The van der Waals surface area contributed by atoms with E-state index in [0.29, 0.717) is 13.0 Å². The SMILES string of the molecule is CCC1(/C=C2\OC(=O)C3=C2CC[C@H]2[C@@H]4CC[C@@]5(C6=C4CC4=CCNC(=C4)NCSS[C@@H](NC[C@H](C)O)[C@@H](C)C/C=C\5OC6=O)[C@@H]32)CCCC1. The van der Waals surface area contributed by atoms with E-state index in [-0.39, 0.29) is 46.4 Å². The number of hydrogen-bond donors (Lipinski definition) is 4. The maximum atomic E-state index is 14.3. The van der Waals surface area contributed by atoms with Crippen LogP contribution in [0.25, 0.3) is 0 Å². The highest BCUT2D eigenvalue weighted by Crippen LogP contribution is 2.71. The summed E-state index contributed by atoms with van der Waals surface area (Å²) < 4.78 is 12.7. The second-order valence-corrected chi connectivity index (χ2v) is 18.2.